The first kappa shape index (κ1) is 16.3. The number of carbonyl (C=O) groups is 1. The Bertz CT molecular complexity index is 450. The van der Waals surface area contributed by atoms with Crippen LogP contribution in [0, 0.1) is 0 Å². The first-order valence-corrected chi connectivity index (χ1v) is 8.53. The number of rotatable bonds is 7. The molecule has 3 rings (SSSR count). The van der Waals surface area contributed by atoms with E-state index in [2.05, 4.69) is 10.3 Å². The van der Waals surface area contributed by atoms with E-state index in [1.54, 1.807) is 12.5 Å². The van der Waals surface area contributed by atoms with Crippen LogP contribution in [0.15, 0.2) is 18.7 Å². The third-order valence-corrected chi connectivity index (χ3v) is 4.39. The molecule has 23 heavy (non-hydrogen) atoms. The van der Waals surface area contributed by atoms with Crippen molar-refractivity contribution in [2.75, 3.05) is 32.8 Å². The molecule has 0 aromatic carbocycles. The molecule has 0 bridgehead atoms. The van der Waals surface area contributed by atoms with Crippen LogP contribution < -0.4 is 5.32 Å². The Morgan fingerprint density at radius 2 is 1.91 bits per heavy atom. The molecule has 1 aromatic rings. The molecule has 2 atom stereocenters. The fourth-order valence-corrected chi connectivity index (χ4v) is 3.13. The van der Waals surface area contributed by atoms with Gasteiger partial charge < -0.3 is 24.3 Å². The predicted octanol–water partition coefficient (Wildman–Crippen LogP) is 1.25. The van der Waals surface area contributed by atoms with Gasteiger partial charge in [-0.3, -0.25) is 0 Å². The molecule has 0 unspecified atom stereocenters. The molecule has 7 heteroatoms. The molecular formula is C16H26N4O3. The summed E-state index contributed by atoms with van der Waals surface area (Å²) in [5, 5.41) is 3.00. The van der Waals surface area contributed by atoms with Crippen molar-refractivity contribution < 1.29 is 14.3 Å². The van der Waals surface area contributed by atoms with Crippen LogP contribution in [-0.4, -0.2) is 65.5 Å². The van der Waals surface area contributed by atoms with Crippen LogP contribution in [0.25, 0.3) is 0 Å². The van der Waals surface area contributed by atoms with Gasteiger partial charge in [0.05, 0.1) is 18.5 Å². The van der Waals surface area contributed by atoms with Crippen LogP contribution in [0.5, 0.6) is 0 Å². The van der Waals surface area contributed by atoms with E-state index in [-0.39, 0.29) is 18.2 Å². The number of aromatic nitrogens is 2. The lowest BCUT2D eigenvalue weighted by Crippen LogP contribution is -2.47. The van der Waals surface area contributed by atoms with Crippen LogP contribution in [0.2, 0.25) is 0 Å². The topological polar surface area (TPSA) is 68.6 Å². The highest BCUT2D eigenvalue weighted by Gasteiger charge is 2.26. The minimum atomic E-state index is -0.0314. The van der Waals surface area contributed by atoms with Gasteiger partial charge >= 0.3 is 6.03 Å². The molecule has 0 aliphatic carbocycles. The summed E-state index contributed by atoms with van der Waals surface area (Å²) in [5.74, 6) is 0. The summed E-state index contributed by atoms with van der Waals surface area (Å²) < 4.78 is 13.3. The Hall–Kier alpha value is -1.60. The maximum atomic E-state index is 12.5. The number of amides is 2. The van der Waals surface area contributed by atoms with Crippen LogP contribution in [0.1, 0.15) is 25.7 Å². The van der Waals surface area contributed by atoms with Gasteiger partial charge in [0.1, 0.15) is 0 Å². The van der Waals surface area contributed by atoms with Gasteiger partial charge in [-0.1, -0.05) is 0 Å². The number of carbonyl (C=O) groups excluding carboxylic acids is 1. The molecule has 2 aliphatic rings. The zero-order valence-corrected chi connectivity index (χ0v) is 13.5. The number of nitrogens with zero attached hydrogens (tertiary/aromatic N) is 3. The second-order valence-corrected chi connectivity index (χ2v) is 6.21. The van der Waals surface area contributed by atoms with Gasteiger partial charge in [-0.15, -0.1) is 0 Å². The van der Waals surface area contributed by atoms with E-state index in [4.69, 9.17) is 9.47 Å². The summed E-state index contributed by atoms with van der Waals surface area (Å²) in [4.78, 5) is 18.4. The summed E-state index contributed by atoms with van der Waals surface area (Å²) in [5.41, 5.74) is 0. The average Bonchev–Trinajstić information content (AvgIpc) is 3.30. The van der Waals surface area contributed by atoms with Gasteiger partial charge in [0, 0.05) is 51.8 Å². The molecule has 0 saturated carbocycles. The summed E-state index contributed by atoms with van der Waals surface area (Å²) >= 11 is 0. The van der Waals surface area contributed by atoms with E-state index in [9.17, 15) is 4.79 Å². The van der Waals surface area contributed by atoms with Crippen molar-refractivity contribution in [2.24, 2.45) is 0 Å². The quantitative estimate of drug-likeness (QED) is 0.820. The van der Waals surface area contributed by atoms with Crippen molar-refractivity contribution in [2.45, 2.75) is 44.4 Å². The van der Waals surface area contributed by atoms with E-state index in [0.29, 0.717) is 19.6 Å². The number of imidazole rings is 1. The van der Waals surface area contributed by atoms with Crippen molar-refractivity contribution in [3.63, 3.8) is 0 Å². The lowest BCUT2D eigenvalue weighted by atomic mass is 10.2. The largest absolute Gasteiger partial charge is 0.376 e. The Morgan fingerprint density at radius 3 is 2.43 bits per heavy atom. The Kier molecular flexibility index (Phi) is 5.87. The maximum absolute atomic E-state index is 12.5. The highest BCUT2D eigenvalue weighted by atomic mass is 16.5. The summed E-state index contributed by atoms with van der Waals surface area (Å²) in [6, 6.07) is -0.0314. The number of hydrogen-bond acceptors (Lipinski definition) is 4. The number of hydrogen-bond donors (Lipinski definition) is 1. The van der Waals surface area contributed by atoms with Gasteiger partial charge in [0.25, 0.3) is 0 Å². The predicted molar refractivity (Wildman–Crippen MR) is 85.1 cm³/mol. The number of urea groups is 1. The molecule has 2 fully saturated rings. The zero-order chi connectivity index (χ0) is 15.9. The fraction of sp³-hybridized carbons (Fsp3) is 0.750. The van der Waals surface area contributed by atoms with Crippen molar-refractivity contribution >= 4 is 6.03 Å². The Labute approximate surface area is 137 Å². The maximum Gasteiger partial charge on any atom is 0.317 e. The van der Waals surface area contributed by atoms with Crippen LogP contribution >= 0.6 is 0 Å². The lowest BCUT2D eigenvalue weighted by Gasteiger charge is -2.28. The molecule has 0 radical (unpaired) electrons. The number of nitrogens with one attached hydrogen (secondary N) is 1. The second-order valence-electron chi connectivity index (χ2n) is 6.21. The molecule has 1 aromatic heterocycles. The molecule has 2 saturated heterocycles. The lowest BCUT2D eigenvalue weighted by molar-refractivity contribution is 0.0498. The molecule has 3 heterocycles. The minimum absolute atomic E-state index is 0.0314. The van der Waals surface area contributed by atoms with Crippen molar-refractivity contribution in [3.8, 4) is 0 Å². The van der Waals surface area contributed by atoms with Gasteiger partial charge in [-0.25, -0.2) is 9.78 Å². The molecule has 128 valence electrons. The third-order valence-electron chi connectivity index (χ3n) is 4.39. The number of ether oxygens (including phenoxy) is 2. The first-order valence-electron chi connectivity index (χ1n) is 8.53. The van der Waals surface area contributed by atoms with E-state index in [1.807, 2.05) is 15.7 Å². The van der Waals surface area contributed by atoms with Gasteiger partial charge in [-0.05, 0) is 25.7 Å². The highest BCUT2D eigenvalue weighted by Crippen LogP contribution is 2.17. The van der Waals surface area contributed by atoms with Crippen LogP contribution in [0.4, 0.5) is 4.79 Å². The zero-order valence-electron chi connectivity index (χ0n) is 13.5. The second kappa shape index (κ2) is 8.31. The average molecular weight is 322 g/mol. The first-order chi connectivity index (χ1) is 11.3. The normalized spacial score (nSPS) is 24.0. The van der Waals surface area contributed by atoms with Crippen molar-refractivity contribution in [3.05, 3.63) is 18.7 Å². The third kappa shape index (κ3) is 4.94. The standard InChI is InChI=1S/C16H26N4O3/c21-16(18-6-8-19-7-5-17-13-19)20(11-14-3-1-9-22-14)12-15-4-2-10-23-15/h5,7,13-15H,1-4,6,8-12H2,(H,18,21)/t14-,15-/m0/s1. The highest BCUT2D eigenvalue weighted by molar-refractivity contribution is 5.74. The van der Waals surface area contributed by atoms with Crippen LogP contribution in [0.3, 0.4) is 0 Å². The monoisotopic (exact) mass is 322 g/mol. The molecule has 0 spiro atoms. The van der Waals surface area contributed by atoms with E-state index >= 15 is 0 Å². The molecule has 2 amide bonds. The van der Waals surface area contributed by atoms with Crippen molar-refractivity contribution in [1.29, 1.82) is 0 Å². The molecule has 1 N–H and O–H groups in total. The smallest absolute Gasteiger partial charge is 0.317 e. The summed E-state index contributed by atoms with van der Waals surface area (Å²) in [6.45, 7) is 4.22. The van der Waals surface area contributed by atoms with E-state index in [0.717, 1.165) is 45.4 Å². The van der Waals surface area contributed by atoms with E-state index < -0.39 is 0 Å². The van der Waals surface area contributed by atoms with E-state index in [1.165, 1.54) is 0 Å². The van der Waals surface area contributed by atoms with Crippen LogP contribution in [-0.2, 0) is 16.0 Å². The fourth-order valence-electron chi connectivity index (χ4n) is 3.13. The Morgan fingerprint density at radius 1 is 1.22 bits per heavy atom. The summed E-state index contributed by atoms with van der Waals surface area (Å²) in [7, 11) is 0. The Balaban J connectivity index is 1.48. The van der Waals surface area contributed by atoms with Gasteiger partial charge in [0.15, 0.2) is 0 Å². The summed E-state index contributed by atoms with van der Waals surface area (Å²) in [6.07, 6.45) is 9.94. The van der Waals surface area contributed by atoms with Gasteiger partial charge in [0.2, 0.25) is 0 Å². The van der Waals surface area contributed by atoms with Gasteiger partial charge in [-0.2, -0.15) is 0 Å². The van der Waals surface area contributed by atoms with Crippen molar-refractivity contribution in [1.82, 2.24) is 19.8 Å². The molecule has 2 aliphatic heterocycles. The SMILES string of the molecule is O=C(NCCn1ccnc1)N(C[C@@H]1CCCO1)C[C@@H]1CCCO1. The molecular weight excluding hydrogens is 296 g/mol. The molecule has 7 nitrogen and oxygen atoms in total. The minimum Gasteiger partial charge on any atom is -0.376 e.